The minimum atomic E-state index is -0.839. The highest BCUT2D eigenvalue weighted by atomic mass is 35.5. The average molecular weight is 300 g/mol. The maximum Gasteiger partial charge on any atom is 0.320 e. The Balaban J connectivity index is 2.09. The van der Waals surface area contributed by atoms with E-state index in [1.54, 1.807) is 6.07 Å². The lowest BCUT2D eigenvalue weighted by molar-refractivity contribution is -0.139. The summed E-state index contributed by atoms with van der Waals surface area (Å²) in [4.78, 5) is 11.2. The summed E-state index contributed by atoms with van der Waals surface area (Å²) < 4.78 is 13.9. The largest absolute Gasteiger partial charge is 0.480 e. The zero-order valence-corrected chi connectivity index (χ0v) is 12.2. The molecule has 0 fully saturated rings. The van der Waals surface area contributed by atoms with Crippen LogP contribution in [0.15, 0.2) is 12.1 Å². The summed E-state index contributed by atoms with van der Waals surface area (Å²) in [5.74, 6) is -1.13. The van der Waals surface area contributed by atoms with E-state index in [-0.39, 0.29) is 11.9 Å². The van der Waals surface area contributed by atoms with Crippen molar-refractivity contribution in [3.8, 4) is 0 Å². The first-order chi connectivity index (χ1) is 9.51. The Bertz CT molecular complexity index is 507. The van der Waals surface area contributed by atoms with E-state index in [0.29, 0.717) is 23.4 Å². The van der Waals surface area contributed by atoms with Crippen LogP contribution in [0.1, 0.15) is 37.3 Å². The number of benzene rings is 1. The molecule has 0 aliphatic heterocycles. The predicted molar refractivity (Wildman–Crippen MR) is 76.7 cm³/mol. The molecule has 5 heteroatoms. The van der Waals surface area contributed by atoms with Gasteiger partial charge < -0.3 is 10.4 Å². The summed E-state index contributed by atoms with van der Waals surface area (Å²) in [5, 5.41) is 12.7. The molecule has 0 spiro atoms. The normalized spacial score (nSPS) is 19.4. The van der Waals surface area contributed by atoms with Gasteiger partial charge in [-0.2, -0.15) is 0 Å². The third-order valence-corrected chi connectivity index (χ3v) is 4.00. The topological polar surface area (TPSA) is 49.3 Å². The molecule has 1 unspecified atom stereocenters. The van der Waals surface area contributed by atoms with Crippen molar-refractivity contribution in [1.29, 1.82) is 0 Å². The van der Waals surface area contributed by atoms with Gasteiger partial charge in [0.25, 0.3) is 0 Å². The first kappa shape index (κ1) is 15.3. The Kier molecular flexibility index (Phi) is 5.00. The van der Waals surface area contributed by atoms with E-state index >= 15 is 0 Å². The number of hydrogen-bond donors (Lipinski definition) is 2. The quantitative estimate of drug-likeness (QED) is 0.878. The van der Waals surface area contributed by atoms with E-state index in [1.165, 1.54) is 6.07 Å². The van der Waals surface area contributed by atoms with E-state index in [9.17, 15) is 9.18 Å². The van der Waals surface area contributed by atoms with Gasteiger partial charge in [0.15, 0.2) is 0 Å². The van der Waals surface area contributed by atoms with Gasteiger partial charge in [0.05, 0.1) is 0 Å². The van der Waals surface area contributed by atoms with Gasteiger partial charge in [0.1, 0.15) is 11.9 Å². The SMILES string of the molecule is CCCC(N[C@H]1CCc2cc(Cl)cc(F)c2C1)C(=O)O. The number of rotatable bonds is 5. The predicted octanol–water partition coefficient (Wildman–Crippen LogP) is 3.18. The van der Waals surface area contributed by atoms with Crippen LogP contribution in [0.4, 0.5) is 4.39 Å². The zero-order chi connectivity index (χ0) is 14.7. The highest BCUT2D eigenvalue weighted by Crippen LogP contribution is 2.27. The van der Waals surface area contributed by atoms with Gasteiger partial charge in [0, 0.05) is 11.1 Å². The van der Waals surface area contributed by atoms with Crippen molar-refractivity contribution in [3.05, 3.63) is 34.1 Å². The Morgan fingerprint density at radius 3 is 3.00 bits per heavy atom. The van der Waals surface area contributed by atoms with Gasteiger partial charge in [-0.25, -0.2) is 4.39 Å². The van der Waals surface area contributed by atoms with Crippen LogP contribution in [0.5, 0.6) is 0 Å². The fourth-order valence-corrected chi connectivity index (χ4v) is 3.01. The molecule has 0 bridgehead atoms. The summed E-state index contributed by atoms with van der Waals surface area (Å²) in [6, 6.07) is 2.58. The van der Waals surface area contributed by atoms with Gasteiger partial charge in [0.2, 0.25) is 0 Å². The number of carboxylic acids is 1. The Labute approximate surface area is 123 Å². The molecule has 2 atom stereocenters. The minimum absolute atomic E-state index is 0.00539. The monoisotopic (exact) mass is 299 g/mol. The molecule has 0 heterocycles. The summed E-state index contributed by atoms with van der Waals surface area (Å²) in [6.07, 6.45) is 3.44. The average Bonchev–Trinajstić information content (AvgIpc) is 2.38. The maximum absolute atomic E-state index is 13.9. The number of carbonyl (C=O) groups is 1. The van der Waals surface area contributed by atoms with Crippen molar-refractivity contribution in [2.24, 2.45) is 0 Å². The van der Waals surface area contributed by atoms with Crippen LogP contribution < -0.4 is 5.32 Å². The molecule has 1 aliphatic rings. The smallest absolute Gasteiger partial charge is 0.320 e. The summed E-state index contributed by atoms with van der Waals surface area (Å²) >= 11 is 5.85. The lowest BCUT2D eigenvalue weighted by Crippen LogP contribution is -2.45. The number of aryl methyl sites for hydroxylation is 1. The second-order valence-electron chi connectivity index (χ2n) is 5.31. The van der Waals surface area contributed by atoms with Gasteiger partial charge in [-0.1, -0.05) is 24.9 Å². The molecule has 110 valence electrons. The van der Waals surface area contributed by atoms with Crippen molar-refractivity contribution < 1.29 is 14.3 Å². The first-order valence-corrected chi connectivity index (χ1v) is 7.34. The lowest BCUT2D eigenvalue weighted by atomic mass is 9.87. The van der Waals surface area contributed by atoms with Crippen LogP contribution in [0, 0.1) is 5.82 Å². The van der Waals surface area contributed by atoms with E-state index in [0.717, 1.165) is 24.8 Å². The van der Waals surface area contributed by atoms with E-state index < -0.39 is 12.0 Å². The molecule has 0 saturated heterocycles. The molecule has 2 rings (SSSR count). The molecule has 0 amide bonds. The number of fused-ring (bicyclic) bond motifs is 1. The Hall–Kier alpha value is -1.13. The Morgan fingerprint density at radius 1 is 1.60 bits per heavy atom. The molecular weight excluding hydrogens is 281 g/mol. The van der Waals surface area contributed by atoms with Crippen molar-refractivity contribution in [1.82, 2.24) is 5.32 Å². The van der Waals surface area contributed by atoms with E-state index in [2.05, 4.69) is 5.32 Å². The molecule has 3 nitrogen and oxygen atoms in total. The summed E-state index contributed by atoms with van der Waals surface area (Å²) in [5.41, 5.74) is 1.61. The second kappa shape index (κ2) is 6.55. The first-order valence-electron chi connectivity index (χ1n) is 6.97. The number of hydrogen-bond acceptors (Lipinski definition) is 2. The van der Waals surface area contributed by atoms with Crippen molar-refractivity contribution >= 4 is 17.6 Å². The van der Waals surface area contributed by atoms with Crippen LogP contribution in [-0.2, 0) is 17.6 Å². The van der Waals surface area contributed by atoms with Crippen molar-refractivity contribution in [3.63, 3.8) is 0 Å². The van der Waals surface area contributed by atoms with Gasteiger partial charge in [-0.3, -0.25) is 4.79 Å². The zero-order valence-electron chi connectivity index (χ0n) is 11.5. The number of nitrogens with one attached hydrogen (secondary N) is 1. The van der Waals surface area contributed by atoms with E-state index in [4.69, 9.17) is 16.7 Å². The highest BCUT2D eigenvalue weighted by Gasteiger charge is 2.26. The van der Waals surface area contributed by atoms with Gasteiger partial charge in [-0.15, -0.1) is 0 Å². The standard InChI is InChI=1S/C15H19ClFNO2/c1-2-3-14(15(19)20)18-11-5-4-9-6-10(16)7-13(17)12(9)8-11/h6-7,11,14,18H,2-5,8H2,1H3,(H,19,20)/t11-,14?/m0/s1. The molecule has 0 saturated carbocycles. The fraction of sp³-hybridized carbons (Fsp3) is 0.533. The molecule has 0 aromatic heterocycles. The fourth-order valence-electron chi connectivity index (χ4n) is 2.78. The molecule has 1 aliphatic carbocycles. The van der Waals surface area contributed by atoms with E-state index in [1.807, 2.05) is 6.92 Å². The van der Waals surface area contributed by atoms with Gasteiger partial charge in [-0.05, 0) is 48.9 Å². The molecular formula is C15H19ClFNO2. The summed E-state index contributed by atoms with van der Waals surface area (Å²) in [7, 11) is 0. The van der Waals surface area contributed by atoms with Crippen LogP contribution >= 0.6 is 11.6 Å². The third kappa shape index (κ3) is 3.49. The van der Waals surface area contributed by atoms with Crippen LogP contribution in [0.2, 0.25) is 5.02 Å². The van der Waals surface area contributed by atoms with Crippen LogP contribution in [0.3, 0.4) is 0 Å². The van der Waals surface area contributed by atoms with Crippen molar-refractivity contribution in [2.75, 3.05) is 0 Å². The molecule has 1 aromatic rings. The molecule has 20 heavy (non-hydrogen) atoms. The highest BCUT2D eigenvalue weighted by molar-refractivity contribution is 6.30. The Morgan fingerprint density at radius 2 is 2.35 bits per heavy atom. The lowest BCUT2D eigenvalue weighted by Gasteiger charge is -2.28. The molecule has 0 radical (unpaired) electrons. The van der Waals surface area contributed by atoms with Crippen LogP contribution in [0.25, 0.3) is 0 Å². The number of carboxylic acid groups (broad SMARTS) is 1. The summed E-state index contributed by atoms with van der Waals surface area (Å²) in [6.45, 7) is 1.95. The number of halogens is 2. The minimum Gasteiger partial charge on any atom is -0.480 e. The van der Waals surface area contributed by atoms with Crippen molar-refractivity contribution in [2.45, 2.75) is 51.1 Å². The molecule has 1 aromatic carbocycles. The third-order valence-electron chi connectivity index (χ3n) is 3.78. The van der Waals surface area contributed by atoms with Crippen LogP contribution in [-0.4, -0.2) is 23.2 Å². The van der Waals surface area contributed by atoms with Gasteiger partial charge >= 0.3 is 5.97 Å². The second-order valence-corrected chi connectivity index (χ2v) is 5.75. The molecule has 2 N–H and O–H groups in total. The number of aliphatic carboxylic acids is 1. The maximum atomic E-state index is 13.9.